The number of benzene rings is 2. The first-order valence-electron chi connectivity index (χ1n) is 32.2. The molecule has 0 aromatic heterocycles. The van der Waals surface area contributed by atoms with E-state index in [1.807, 2.05) is 44.2 Å². The van der Waals surface area contributed by atoms with Crippen molar-refractivity contribution in [2.24, 2.45) is 29.4 Å². The number of carbonyl (C=O) groups excluding carboxylic acids is 11. The zero-order valence-electron chi connectivity index (χ0n) is 55.8. The van der Waals surface area contributed by atoms with Crippen LogP contribution in [0.25, 0.3) is 0 Å². The lowest BCUT2D eigenvalue weighted by Gasteiger charge is -2.41. The van der Waals surface area contributed by atoms with Crippen molar-refractivity contribution in [1.82, 2.24) is 46.6 Å². The average Bonchev–Trinajstić information content (AvgIpc) is 1.93. The second-order valence-electron chi connectivity index (χ2n) is 24.8. The molecule has 2 aliphatic rings. The van der Waals surface area contributed by atoms with Crippen LogP contribution in [0, 0.1) is 23.7 Å². The van der Waals surface area contributed by atoms with E-state index in [0.717, 1.165) is 10.5 Å². The molecular weight excluding hydrogens is 1200 g/mol. The molecule has 1 saturated heterocycles. The van der Waals surface area contributed by atoms with Crippen LogP contribution in [0.3, 0.4) is 0 Å². The topological polar surface area (TPSA) is 376 Å². The van der Waals surface area contributed by atoms with Crippen LogP contribution in [-0.4, -0.2) is 198 Å². The van der Waals surface area contributed by atoms with Crippen LogP contribution in [0.1, 0.15) is 131 Å². The van der Waals surface area contributed by atoms with Gasteiger partial charge in [0.1, 0.15) is 30.8 Å². The number of rotatable bonds is 39. The molecule has 0 unspecified atom stereocenters. The Labute approximate surface area is 546 Å². The monoisotopic (exact) mass is 1300 g/mol. The Morgan fingerprint density at radius 1 is 0.731 bits per heavy atom. The fourth-order valence-electron chi connectivity index (χ4n) is 11.5. The maximum Gasteiger partial charge on any atom is 0.408 e. The predicted octanol–water partition coefficient (Wildman–Crippen LogP) is 2.94. The number of amides is 12. The number of likely N-dealkylation sites (tertiary alicyclic amines) is 1. The highest BCUT2D eigenvalue weighted by molar-refractivity contribution is 6.12. The number of unbranched alkanes of at least 4 members (excludes halogenated alkanes) is 2. The summed E-state index contributed by atoms with van der Waals surface area (Å²) in [4.78, 5) is 150. The number of hydrogen-bond donors (Lipinski definition) is 10. The number of likely N-dealkylation sites (N-methyl/N-ethyl adjacent to an activating group) is 1. The van der Waals surface area contributed by atoms with Crippen LogP contribution in [0.4, 0.5) is 15.3 Å². The highest BCUT2D eigenvalue weighted by atomic mass is 16.5. The molecule has 0 bridgehead atoms. The van der Waals surface area contributed by atoms with Gasteiger partial charge in [-0.15, -0.1) is 0 Å². The smallest absolute Gasteiger partial charge is 0.408 e. The van der Waals surface area contributed by atoms with Crippen LogP contribution in [0.15, 0.2) is 66.7 Å². The van der Waals surface area contributed by atoms with Gasteiger partial charge in [0.05, 0.1) is 55.4 Å². The lowest BCUT2D eigenvalue weighted by Crippen LogP contribution is -2.61. The lowest BCUT2D eigenvalue weighted by molar-refractivity contribution is -0.148. The van der Waals surface area contributed by atoms with Gasteiger partial charge >= 0.3 is 12.1 Å². The number of methoxy groups -OCH3 is 2. The predicted molar refractivity (Wildman–Crippen MR) is 346 cm³/mol. The normalized spacial score (nSPS) is 17.4. The number of anilines is 1. The van der Waals surface area contributed by atoms with Crippen molar-refractivity contribution in [1.29, 1.82) is 0 Å². The molecule has 516 valence electrons. The van der Waals surface area contributed by atoms with E-state index in [4.69, 9.17) is 19.9 Å². The van der Waals surface area contributed by atoms with Gasteiger partial charge in [-0.1, -0.05) is 104 Å². The number of nitrogens with two attached hydrogens (primary N) is 1. The summed E-state index contributed by atoms with van der Waals surface area (Å²) in [7, 11) is 4.55. The molecule has 0 aliphatic carbocycles. The van der Waals surface area contributed by atoms with E-state index in [-0.39, 0.29) is 87.5 Å². The van der Waals surface area contributed by atoms with Crippen molar-refractivity contribution < 1.29 is 77.2 Å². The molecule has 12 atom stereocenters. The van der Waals surface area contributed by atoms with Gasteiger partial charge < -0.3 is 77.2 Å². The molecule has 27 nitrogen and oxygen atoms in total. The van der Waals surface area contributed by atoms with Crippen LogP contribution < -0.4 is 43.0 Å². The Morgan fingerprint density at radius 3 is 1.96 bits per heavy atom. The minimum absolute atomic E-state index is 0.0662. The first-order valence-corrected chi connectivity index (χ1v) is 32.2. The van der Waals surface area contributed by atoms with Gasteiger partial charge in [0.25, 0.3) is 11.8 Å². The van der Waals surface area contributed by atoms with Gasteiger partial charge in [-0.2, -0.15) is 0 Å². The van der Waals surface area contributed by atoms with E-state index in [2.05, 4.69) is 37.2 Å². The first kappa shape index (κ1) is 77.4. The van der Waals surface area contributed by atoms with Crippen molar-refractivity contribution in [3.8, 4) is 0 Å². The fourth-order valence-corrected chi connectivity index (χ4v) is 11.5. The summed E-state index contributed by atoms with van der Waals surface area (Å²) >= 11 is 0. The number of nitrogens with one attached hydrogen (secondary N) is 7. The second kappa shape index (κ2) is 38.9. The molecule has 2 aromatic carbocycles. The molecule has 2 aliphatic heterocycles. The van der Waals surface area contributed by atoms with E-state index < -0.39 is 114 Å². The third-order valence-electron chi connectivity index (χ3n) is 17.1. The number of primary amides is 1. The number of alkyl carbamates (subject to hydrolysis) is 1. The van der Waals surface area contributed by atoms with Crippen molar-refractivity contribution in [2.45, 2.75) is 193 Å². The fraction of sp³-hybridized carbons (Fsp3) is 0.621. The van der Waals surface area contributed by atoms with Crippen LogP contribution >= 0.6 is 0 Å². The van der Waals surface area contributed by atoms with Gasteiger partial charge in [-0.05, 0) is 92.9 Å². The van der Waals surface area contributed by atoms with Crippen molar-refractivity contribution >= 4 is 71.0 Å². The SMILES string of the molecule is CC[C@H](C)[C@@H]([C@@H](CC(=O)N1CCC[C@H]1[C@H](OC)[C@@H](C)C(=O)N[C@H](CO)Cc1ccccc1)OC)N(C)C(=O)[C@@H](NC(=O)[C@@H](NC(=O)OCc1ccc(NC(=O)[C@H](CCCNC(N)=O)NC(=O)[C@@H](NC(=O)CCCCCN2C(=O)C=CC2=O)C(C)C)cc1)[C@@H](C)O)C(C)C. The van der Waals surface area contributed by atoms with E-state index in [0.29, 0.717) is 62.7 Å². The summed E-state index contributed by atoms with van der Waals surface area (Å²) in [5.41, 5.74) is 6.93. The number of imide groups is 1. The Morgan fingerprint density at radius 2 is 1.38 bits per heavy atom. The van der Waals surface area contributed by atoms with Gasteiger partial charge in [-0.3, -0.25) is 48.1 Å². The van der Waals surface area contributed by atoms with Crippen molar-refractivity contribution in [2.75, 3.05) is 52.8 Å². The molecule has 2 aromatic rings. The van der Waals surface area contributed by atoms with Gasteiger partial charge in [0.15, 0.2) is 0 Å². The molecule has 2 heterocycles. The summed E-state index contributed by atoms with van der Waals surface area (Å²) < 4.78 is 17.4. The Bertz CT molecular complexity index is 2820. The zero-order valence-corrected chi connectivity index (χ0v) is 55.8. The number of aliphatic hydroxyl groups excluding tert-OH is 2. The van der Waals surface area contributed by atoms with Crippen molar-refractivity contribution in [3.05, 3.63) is 77.9 Å². The minimum Gasteiger partial charge on any atom is -0.445 e. The third-order valence-corrected chi connectivity index (χ3v) is 17.1. The molecule has 93 heavy (non-hydrogen) atoms. The quantitative estimate of drug-likeness (QED) is 0.0340. The van der Waals surface area contributed by atoms with E-state index in [1.165, 1.54) is 50.3 Å². The molecule has 4 rings (SSSR count). The summed E-state index contributed by atoms with van der Waals surface area (Å²) in [6, 6.07) is 8.33. The highest BCUT2D eigenvalue weighted by Gasteiger charge is 2.44. The highest BCUT2D eigenvalue weighted by Crippen LogP contribution is 2.30. The maximum atomic E-state index is 14.7. The Kier molecular flexibility index (Phi) is 32.4. The zero-order chi connectivity index (χ0) is 69.1. The third kappa shape index (κ3) is 24.1. The number of carbonyl (C=O) groups is 11. The molecular formula is C66H101N11O16. The lowest BCUT2D eigenvalue weighted by atomic mass is 9.89. The Hall–Kier alpha value is -8.01. The standard InChI is InChI=1S/C66H101N11O16/c1-12-41(6)58(50(91-10)36-54(83)76-34-20-24-49(76)59(92-11)42(7)60(84)70-47(37-78)35-44-21-15-13-16-22-44)75(9)64(88)56(40(4)5)73-63(87)57(43(8)79)74-66(90)93-38-45-26-28-46(29-27-45)69-61(85)48(23-19-32-68-65(67)89)71-62(86)55(39(2)3)72-51(80)25-17-14-18-33-77-52(81)30-31-53(77)82/h13,15-16,21-22,26-31,39-43,47-50,55-59,78-79H,12,14,17-20,23-25,32-38H2,1-11H3,(H,69,85)(H,70,84)(H,71,86)(H,72,80)(H,73,87)(H,74,90)(H3,67,68,89)/t41-,42+,43+,47-,48-,49-,50+,55-,56-,57-,58-,59+/m0/s1. The summed E-state index contributed by atoms with van der Waals surface area (Å²) in [6.07, 6.45) is 2.38. The molecule has 11 N–H and O–H groups in total. The molecule has 0 spiro atoms. The number of ether oxygens (including phenoxy) is 3. The molecule has 1 fully saturated rings. The summed E-state index contributed by atoms with van der Waals surface area (Å²) in [5.74, 6) is -6.16. The summed E-state index contributed by atoms with van der Waals surface area (Å²) in [5, 5.41) is 39.7. The number of hydrogen-bond acceptors (Lipinski definition) is 16. The molecule has 0 radical (unpaired) electrons. The van der Waals surface area contributed by atoms with Crippen LogP contribution in [0.5, 0.6) is 0 Å². The van der Waals surface area contributed by atoms with Gasteiger partial charge in [0, 0.05) is 65.2 Å². The summed E-state index contributed by atoms with van der Waals surface area (Å²) in [6.45, 7) is 14.0. The first-order chi connectivity index (χ1) is 44.1. The molecule has 27 heteroatoms. The van der Waals surface area contributed by atoms with Gasteiger partial charge in [0.2, 0.25) is 41.4 Å². The van der Waals surface area contributed by atoms with E-state index >= 15 is 0 Å². The van der Waals surface area contributed by atoms with E-state index in [1.54, 1.807) is 58.7 Å². The van der Waals surface area contributed by atoms with E-state index in [9.17, 15) is 63.0 Å². The number of nitrogens with zero attached hydrogens (tertiary/aromatic N) is 3. The van der Waals surface area contributed by atoms with Crippen LogP contribution in [0.2, 0.25) is 0 Å². The van der Waals surface area contributed by atoms with Gasteiger partial charge in [-0.25, -0.2) is 9.59 Å². The molecule has 0 saturated carbocycles. The maximum absolute atomic E-state index is 14.7. The Balaban J connectivity index is 1.35. The van der Waals surface area contributed by atoms with Crippen LogP contribution in [-0.2, 0) is 70.4 Å². The average molecular weight is 1300 g/mol. The number of urea groups is 1. The number of aliphatic hydroxyl groups is 2. The van der Waals surface area contributed by atoms with Crippen molar-refractivity contribution in [3.63, 3.8) is 0 Å². The molecule has 12 amide bonds. The largest absolute Gasteiger partial charge is 0.445 e. The minimum atomic E-state index is -1.58. The second-order valence-corrected chi connectivity index (χ2v) is 24.8.